The second-order valence-electron chi connectivity index (χ2n) is 7.97. The number of benzene rings is 3. The van der Waals surface area contributed by atoms with Gasteiger partial charge >= 0.3 is 0 Å². The number of amides is 1. The van der Waals surface area contributed by atoms with Crippen LogP contribution in [0.5, 0.6) is 0 Å². The van der Waals surface area contributed by atoms with Crippen molar-refractivity contribution in [1.82, 2.24) is 15.5 Å². The third-order valence-electron chi connectivity index (χ3n) is 5.65. The van der Waals surface area contributed by atoms with Gasteiger partial charge in [-0.05, 0) is 54.7 Å². The first kappa shape index (κ1) is 22.8. The molecule has 1 aromatic heterocycles. The van der Waals surface area contributed by atoms with Gasteiger partial charge in [0.05, 0.1) is 5.75 Å². The first-order valence-corrected chi connectivity index (χ1v) is 12.0. The Bertz CT molecular complexity index is 1150. The van der Waals surface area contributed by atoms with Crippen LogP contribution in [0.4, 0.5) is 0 Å². The Morgan fingerprint density at radius 2 is 1.58 bits per heavy atom. The summed E-state index contributed by atoms with van der Waals surface area (Å²) in [6.07, 6.45) is 0.821. The van der Waals surface area contributed by atoms with E-state index in [4.69, 9.17) is 4.42 Å². The molecule has 0 fully saturated rings. The van der Waals surface area contributed by atoms with E-state index in [1.807, 2.05) is 30.3 Å². The molecule has 0 atom stereocenters. The molecule has 33 heavy (non-hydrogen) atoms. The molecule has 0 unspecified atom stereocenters. The van der Waals surface area contributed by atoms with E-state index >= 15 is 0 Å². The number of aryl methyl sites for hydroxylation is 2. The van der Waals surface area contributed by atoms with Crippen LogP contribution in [-0.2, 0) is 4.79 Å². The van der Waals surface area contributed by atoms with E-state index in [-0.39, 0.29) is 17.6 Å². The molecule has 0 aliphatic rings. The molecule has 4 rings (SSSR count). The van der Waals surface area contributed by atoms with Crippen LogP contribution in [0.15, 0.2) is 88.5 Å². The fourth-order valence-electron chi connectivity index (χ4n) is 3.69. The predicted molar refractivity (Wildman–Crippen MR) is 132 cm³/mol. The maximum atomic E-state index is 12.4. The summed E-state index contributed by atoms with van der Waals surface area (Å²) < 4.78 is 5.73. The Morgan fingerprint density at radius 1 is 0.909 bits per heavy atom. The van der Waals surface area contributed by atoms with Crippen molar-refractivity contribution in [3.63, 3.8) is 0 Å². The van der Waals surface area contributed by atoms with E-state index in [0.717, 1.165) is 12.0 Å². The highest BCUT2D eigenvalue weighted by molar-refractivity contribution is 7.99. The Balaban J connectivity index is 1.29. The molecule has 1 amide bonds. The Kier molecular flexibility index (Phi) is 7.58. The molecule has 0 radical (unpaired) electrons. The van der Waals surface area contributed by atoms with E-state index < -0.39 is 0 Å². The number of thioether (sulfide) groups is 1. The minimum Gasteiger partial charge on any atom is -0.411 e. The summed E-state index contributed by atoms with van der Waals surface area (Å²) in [5.74, 6) is 0.882. The van der Waals surface area contributed by atoms with E-state index in [2.05, 4.69) is 77.9 Å². The van der Waals surface area contributed by atoms with Crippen LogP contribution in [0.1, 0.15) is 34.6 Å². The van der Waals surface area contributed by atoms with Gasteiger partial charge in [-0.3, -0.25) is 4.79 Å². The van der Waals surface area contributed by atoms with E-state index in [0.29, 0.717) is 17.7 Å². The lowest BCUT2D eigenvalue weighted by atomic mass is 9.88. The summed E-state index contributed by atoms with van der Waals surface area (Å²) in [5.41, 5.74) is 5.76. The smallest absolute Gasteiger partial charge is 0.277 e. The second kappa shape index (κ2) is 11.0. The van der Waals surface area contributed by atoms with Gasteiger partial charge in [0.15, 0.2) is 0 Å². The first-order valence-electron chi connectivity index (χ1n) is 11.0. The minimum atomic E-state index is -0.0502. The van der Waals surface area contributed by atoms with Crippen LogP contribution < -0.4 is 5.32 Å². The molecule has 0 saturated heterocycles. The van der Waals surface area contributed by atoms with Crippen LogP contribution in [0.25, 0.3) is 11.5 Å². The van der Waals surface area contributed by atoms with Crippen molar-refractivity contribution >= 4 is 17.7 Å². The van der Waals surface area contributed by atoms with Crippen molar-refractivity contribution < 1.29 is 9.21 Å². The molecule has 0 spiro atoms. The summed E-state index contributed by atoms with van der Waals surface area (Å²) in [6, 6.07) is 26.8. The zero-order chi connectivity index (χ0) is 23.0. The third-order valence-corrected chi connectivity index (χ3v) is 6.46. The highest BCUT2D eigenvalue weighted by Gasteiger charge is 2.15. The van der Waals surface area contributed by atoms with Gasteiger partial charge < -0.3 is 9.73 Å². The molecule has 168 valence electrons. The Labute approximate surface area is 198 Å². The number of hydrogen-bond acceptors (Lipinski definition) is 5. The number of carbonyl (C=O) groups is 1. The lowest BCUT2D eigenvalue weighted by Gasteiger charge is -2.18. The SMILES string of the molecule is Cc1ccc(-c2nnc(SCC(=O)NCCC(c3ccccc3)c3ccccc3)o2)cc1C. The van der Waals surface area contributed by atoms with E-state index in [1.54, 1.807) is 0 Å². The monoisotopic (exact) mass is 457 g/mol. The fraction of sp³-hybridized carbons (Fsp3) is 0.222. The molecule has 0 aliphatic heterocycles. The van der Waals surface area contributed by atoms with Gasteiger partial charge in [0.1, 0.15) is 0 Å². The molecule has 6 heteroatoms. The number of nitrogens with one attached hydrogen (secondary N) is 1. The quantitative estimate of drug-likeness (QED) is 0.323. The van der Waals surface area contributed by atoms with Crippen molar-refractivity contribution in [3.8, 4) is 11.5 Å². The molecule has 1 N–H and O–H groups in total. The third kappa shape index (κ3) is 6.11. The topological polar surface area (TPSA) is 68.0 Å². The Hall–Kier alpha value is -3.38. The number of nitrogens with zero attached hydrogens (tertiary/aromatic N) is 2. The highest BCUT2D eigenvalue weighted by Crippen LogP contribution is 2.28. The second-order valence-corrected chi connectivity index (χ2v) is 8.90. The van der Waals surface area contributed by atoms with Crippen molar-refractivity contribution in [2.75, 3.05) is 12.3 Å². The van der Waals surface area contributed by atoms with Gasteiger partial charge in [-0.15, -0.1) is 10.2 Å². The fourth-order valence-corrected chi connectivity index (χ4v) is 4.28. The minimum absolute atomic E-state index is 0.0502. The van der Waals surface area contributed by atoms with Gasteiger partial charge in [-0.2, -0.15) is 0 Å². The Morgan fingerprint density at radius 3 is 2.21 bits per heavy atom. The van der Waals surface area contributed by atoms with Crippen molar-refractivity contribution in [1.29, 1.82) is 0 Å². The van der Waals surface area contributed by atoms with Crippen molar-refractivity contribution in [2.24, 2.45) is 0 Å². The highest BCUT2D eigenvalue weighted by atomic mass is 32.2. The average Bonchev–Trinajstić information content (AvgIpc) is 3.32. The molecule has 0 aliphatic carbocycles. The number of rotatable bonds is 9. The zero-order valence-corrected chi connectivity index (χ0v) is 19.6. The van der Waals surface area contributed by atoms with Gasteiger partial charge in [0.25, 0.3) is 5.22 Å². The molecule has 4 aromatic rings. The van der Waals surface area contributed by atoms with Crippen molar-refractivity contribution in [2.45, 2.75) is 31.4 Å². The first-order chi connectivity index (χ1) is 16.1. The van der Waals surface area contributed by atoms with Crippen LogP contribution in [-0.4, -0.2) is 28.4 Å². The van der Waals surface area contributed by atoms with Crippen LogP contribution in [0.2, 0.25) is 0 Å². The lowest BCUT2D eigenvalue weighted by molar-refractivity contribution is -0.118. The van der Waals surface area contributed by atoms with Gasteiger partial charge in [0.2, 0.25) is 11.8 Å². The number of aromatic nitrogens is 2. The normalized spacial score (nSPS) is 11.0. The van der Waals surface area contributed by atoms with Crippen LogP contribution in [0.3, 0.4) is 0 Å². The standard InChI is InChI=1S/C27H27N3O2S/c1-19-13-14-23(17-20(19)2)26-29-30-27(32-26)33-18-25(31)28-16-15-24(21-9-5-3-6-10-21)22-11-7-4-8-12-22/h3-14,17,24H,15-16,18H2,1-2H3,(H,28,31). The zero-order valence-electron chi connectivity index (χ0n) is 18.8. The molecule has 5 nitrogen and oxygen atoms in total. The maximum Gasteiger partial charge on any atom is 0.277 e. The van der Waals surface area contributed by atoms with E-state index in [1.165, 1.54) is 34.0 Å². The number of carbonyl (C=O) groups excluding carboxylic acids is 1. The van der Waals surface area contributed by atoms with Gasteiger partial charge in [0, 0.05) is 18.0 Å². The maximum absolute atomic E-state index is 12.4. The summed E-state index contributed by atoms with van der Waals surface area (Å²) in [6.45, 7) is 4.70. The van der Waals surface area contributed by atoms with Gasteiger partial charge in [-0.25, -0.2) is 0 Å². The average molecular weight is 458 g/mol. The molecule has 0 saturated carbocycles. The molecular formula is C27H27N3O2S. The van der Waals surface area contributed by atoms with Crippen molar-refractivity contribution in [3.05, 3.63) is 101 Å². The molecule has 0 bridgehead atoms. The summed E-state index contributed by atoms with van der Waals surface area (Å²) in [7, 11) is 0. The summed E-state index contributed by atoms with van der Waals surface area (Å²) in [5, 5.41) is 11.6. The molecular weight excluding hydrogens is 430 g/mol. The largest absolute Gasteiger partial charge is 0.411 e. The molecule has 1 heterocycles. The van der Waals surface area contributed by atoms with Gasteiger partial charge in [-0.1, -0.05) is 78.5 Å². The number of hydrogen-bond donors (Lipinski definition) is 1. The lowest BCUT2D eigenvalue weighted by Crippen LogP contribution is -2.27. The van der Waals surface area contributed by atoms with Crippen LogP contribution in [0, 0.1) is 13.8 Å². The molecule has 3 aromatic carbocycles. The van der Waals surface area contributed by atoms with E-state index in [9.17, 15) is 4.79 Å². The van der Waals surface area contributed by atoms with Crippen LogP contribution >= 0.6 is 11.8 Å². The summed E-state index contributed by atoms with van der Waals surface area (Å²) >= 11 is 1.25. The summed E-state index contributed by atoms with van der Waals surface area (Å²) in [4.78, 5) is 12.4. The predicted octanol–water partition coefficient (Wildman–Crippen LogP) is 5.78.